The van der Waals surface area contributed by atoms with E-state index in [1.807, 2.05) is 24.3 Å². The second kappa shape index (κ2) is 4.65. The Hall–Kier alpha value is -1.48. The van der Waals surface area contributed by atoms with Crippen LogP contribution in [0.4, 0.5) is 11.4 Å². The maximum atomic E-state index is 6.09. The molecule has 2 rings (SSSR count). The molecular weight excluding hydrogens is 246 g/mol. The third-order valence-electron chi connectivity index (χ3n) is 3.23. The van der Waals surface area contributed by atoms with Gasteiger partial charge in [-0.05, 0) is 26.3 Å². The highest BCUT2D eigenvalue weighted by molar-refractivity contribution is 6.33. The quantitative estimate of drug-likeness (QED) is 0.821. The van der Waals surface area contributed by atoms with Crippen LogP contribution in [0.2, 0.25) is 5.15 Å². The van der Waals surface area contributed by atoms with Crippen LogP contribution in [-0.2, 0) is 0 Å². The normalized spacial score (nSPS) is 11.8. The van der Waals surface area contributed by atoms with Gasteiger partial charge >= 0.3 is 0 Å². The number of benzene rings is 1. The molecule has 0 atom stereocenters. The van der Waals surface area contributed by atoms with E-state index < -0.39 is 0 Å². The molecular formula is C14H18ClN3. The van der Waals surface area contributed by atoms with E-state index in [4.69, 9.17) is 17.3 Å². The molecule has 3 N–H and O–H groups in total. The van der Waals surface area contributed by atoms with E-state index in [2.05, 4.69) is 31.1 Å². The predicted molar refractivity (Wildman–Crippen MR) is 79.2 cm³/mol. The average Bonchev–Trinajstić information content (AvgIpc) is 2.35. The zero-order valence-electron chi connectivity index (χ0n) is 10.9. The van der Waals surface area contributed by atoms with Crippen molar-refractivity contribution < 1.29 is 0 Å². The van der Waals surface area contributed by atoms with Crippen LogP contribution in [0, 0.1) is 0 Å². The van der Waals surface area contributed by atoms with Gasteiger partial charge in [0.1, 0.15) is 0 Å². The first-order valence-corrected chi connectivity index (χ1v) is 6.44. The Morgan fingerprint density at radius 3 is 2.67 bits per heavy atom. The lowest BCUT2D eigenvalue weighted by molar-refractivity contribution is 0.548. The van der Waals surface area contributed by atoms with Crippen LogP contribution in [-0.4, -0.2) is 10.5 Å². The third-order valence-corrected chi connectivity index (χ3v) is 3.52. The number of anilines is 2. The number of para-hydroxylation sites is 1. The fraction of sp³-hybridized carbons (Fsp3) is 0.357. The van der Waals surface area contributed by atoms with Gasteiger partial charge in [-0.15, -0.1) is 0 Å². The number of nitrogens with one attached hydrogen (secondary N) is 1. The molecule has 0 saturated carbocycles. The van der Waals surface area contributed by atoms with Gasteiger partial charge in [0, 0.05) is 10.9 Å². The second-order valence-electron chi connectivity index (χ2n) is 5.07. The van der Waals surface area contributed by atoms with Crippen molar-refractivity contribution in [2.75, 3.05) is 11.1 Å². The summed E-state index contributed by atoms with van der Waals surface area (Å²) in [7, 11) is 0. The van der Waals surface area contributed by atoms with E-state index in [9.17, 15) is 0 Å². The maximum Gasteiger partial charge on any atom is 0.154 e. The van der Waals surface area contributed by atoms with Crippen LogP contribution >= 0.6 is 11.6 Å². The molecule has 1 heterocycles. The minimum Gasteiger partial charge on any atom is -0.395 e. The zero-order valence-corrected chi connectivity index (χ0v) is 11.7. The maximum absolute atomic E-state index is 6.09. The number of pyridine rings is 1. The van der Waals surface area contributed by atoms with Gasteiger partial charge in [-0.3, -0.25) is 0 Å². The van der Waals surface area contributed by atoms with E-state index in [1.54, 1.807) is 0 Å². The van der Waals surface area contributed by atoms with Crippen molar-refractivity contribution in [1.29, 1.82) is 0 Å². The number of aromatic nitrogens is 1. The monoisotopic (exact) mass is 263 g/mol. The highest BCUT2D eigenvalue weighted by Gasteiger charge is 2.19. The van der Waals surface area contributed by atoms with Crippen molar-refractivity contribution in [3.63, 3.8) is 0 Å². The number of fused-ring (bicyclic) bond motifs is 1. The first-order valence-electron chi connectivity index (χ1n) is 6.06. The van der Waals surface area contributed by atoms with Gasteiger partial charge in [0.25, 0.3) is 0 Å². The largest absolute Gasteiger partial charge is 0.395 e. The molecule has 18 heavy (non-hydrogen) atoms. The fourth-order valence-electron chi connectivity index (χ4n) is 1.76. The van der Waals surface area contributed by atoms with E-state index >= 15 is 0 Å². The number of nitrogens with two attached hydrogens (primary N) is 1. The van der Waals surface area contributed by atoms with Crippen molar-refractivity contribution in [3.8, 4) is 0 Å². The highest BCUT2D eigenvalue weighted by atomic mass is 35.5. The van der Waals surface area contributed by atoms with Crippen molar-refractivity contribution in [3.05, 3.63) is 29.4 Å². The van der Waals surface area contributed by atoms with Gasteiger partial charge in [0.15, 0.2) is 5.15 Å². The summed E-state index contributed by atoms with van der Waals surface area (Å²) in [6, 6.07) is 7.85. The smallest absolute Gasteiger partial charge is 0.154 e. The molecule has 0 spiro atoms. The van der Waals surface area contributed by atoms with Crippen molar-refractivity contribution in [2.45, 2.75) is 32.7 Å². The molecule has 4 heteroatoms. The molecule has 0 amide bonds. The Bertz CT molecular complexity index is 579. The number of nitrogens with zero attached hydrogens (tertiary/aromatic N) is 1. The van der Waals surface area contributed by atoms with Crippen LogP contribution in [0.5, 0.6) is 0 Å². The van der Waals surface area contributed by atoms with E-state index in [-0.39, 0.29) is 5.54 Å². The number of hydrogen-bond acceptors (Lipinski definition) is 3. The molecule has 1 aromatic heterocycles. The summed E-state index contributed by atoms with van der Waals surface area (Å²) >= 11 is 6.09. The number of halogens is 1. The Morgan fingerprint density at radius 2 is 2.00 bits per heavy atom. The minimum atomic E-state index is -0.0401. The molecule has 0 aliphatic rings. The topological polar surface area (TPSA) is 50.9 Å². The van der Waals surface area contributed by atoms with E-state index in [1.165, 1.54) is 0 Å². The Morgan fingerprint density at radius 1 is 1.33 bits per heavy atom. The molecule has 1 aromatic carbocycles. The summed E-state index contributed by atoms with van der Waals surface area (Å²) in [5.41, 5.74) is 8.25. The standard InChI is InChI=1S/C14H18ClN3/c1-4-14(2,3)18-12-9-7-5-6-8-10(9)17-13(15)11(12)16/h5-8H,4,16H2,1-3H3,(H,17,18). The highest BCUT2D eigenvalue weighted by Crippen LogP contribution is 2.35. The summed E-state index contributed by atoms with van der Waals surface area (Å²) in [5.74, 6) is 0. The summed E-state index contributed by atoms with van der Waals surface area (Å²) in [4.78, 5) is 4.29. The molecule has 0 radical (unpaired) electrons. The first kappa shape index (κ1) is 13.0. The van der Waals surface area contributed by atoms with Crippen LogP contribution in [0.15, 0.2) is 24.3 Å². The number of nitrogen functional groups attached to an aromatic ring is 1. The molecule has 0 aliphatic carbocycles. The van der Waals surface area contributed by atoms with Gasteiger partial charge in [0.05, 0.1) is 16.9 Å². The Labute approximate surface area is 112 Å². The zero-order chi connectivity index (χ0) is 13.3. The molecule has 0 fully saturated rings. The van der Waals surface area contributed by atoms with E-state index in [0.717, 1.165) is 23.0 Å². The van der Waals surface area contributed by atoms with Gasteiger partial charge in [-0.25, -0.2) is 4.98 Å². The summed E-state index contributed by atoms with van der Waals surface area (Å²) in [6.45, 7) is 6.40. The van der Waals surface area contributed by atoms with Crippen LogP contribution in [0.1, 0.15) is 27.2 Å². The van der Waals surface area contributed by atoms with Gasteiger partial charge in [0.2, 0.25) is 0 Å². The molecule has 0 bridgehead atoms. The SMILES string of the molecule is CCC(C)(C)Nc1c(N)c(Cl)nc2ccccc12. The predicted octanol–water partition coefficient (Wildman–Crippen LogP) is 4.07. The third kappa shape index (κ3) is 2.36. The lowest BCUT2D eigenvalue weighted by Gasteiger charge is -2.27. The van der Waals surface area contributed by atoms with Gasteiger partial charge < -0.3 is 11.1 Å². The van der Waals surface area contributed by atoms with Crippen LogP contribution < -0.4 is 11.1 Å². The van der Waals surface area contributed by atoms with Crippen molar-refractivity contribution in [2.24, 2.45) is 0 Å². The molecule has 96 valence electrons. The second-order valence-corrected chi connectivity index (χ2v) is 5.43. The molecule has 2 aromatic rings. The molecule has 3 nitrogen and oxygen atoms in total. The fourth-order valence-corrected chi connectivity index (χ4v) is 1.94. The van der Waals surface area contributed by atoms with Crippen LogP contribution in [0.25, 0.3) is 10.9 Å². The molecule has 0 saturated heterocycles. The molecule has 0 unspecified atom stereocenters. The Kier molecular flexibility index (Phi) is 3.35. The lowest BCUT2D eigenvalue weighted by Crippen LogP contribution is -2.30. The Balaban J connectivity index is 2.64. The lowest BCUT2D eigenvalue weighted by atomic mass is 10.0. The number of rotatable bonds is 3. The van der Waals surface area contributed by atoms with Gasteiger partial charge in [-0.1, -0.05) is 36.7 Å². The summed E-state index contributed by atoms with van der Waals surface area (Å²) in [5, 5.41) is 4.82. The van der Waals surface area contributed by atoms with Crippen LogP contribution in [0.3, 0.4) is 0 Å². The first-order chi connectivity index (χ1) is 8.44. The average molecular weight is 264 g/mol. The number of hydrogen-bond donors (Lipinski definition) is 2. The summed E-state index contributed by atoms with van der Waals surface area (Å²) in [6.07, 6.45) is 0.987. The van der Waals surface area contributed by atoms with Gasteiger partial charge in [-0.2, -0.15) is 0 Å². The minimum absolute atomic E-state index is 0.0401. The van der Waals surface area contributed by atoms with E-state index in [0.29, 0.717) is 10.8 Å². The molecule has 0 aliphatic heterocycles. The van der Waals surface area contributed by atoms with Crippen molar-refractivity contribution in [1.82, 2.24) is 4.98 Å². The summed E-state index contributed by atoms with van der Waals surface area (Å²) < 4.78 is 0. The van der Waals surface area contributed by atoms with Crippen molar-refractivity contribution >= 4 is 33.9 Å².